The molecule has 2 rings (SSSR count). The summed E-state index contributed by atoms with van der Waals surface area (Å²) in [5, 5.41) is 3.59. The minimum atomic E-state index is -0.396. The molecule has 2 unspecified atom stereocenters. The SMILES string of the molecule is COc1ccccc1C(C)NC(C)c1ccc(Cl)c(F)c1. The molecule has 0 aliphatic heterocycles. The highest BCUT2D eigenvalue weighted by Gasteiger charge is 2.15. The average Bonchev–Trinajstić information content (AvgIpc) is 2.49. The second-order valence-corrected chi connectivity index (χ2v) is 5.43. The van der Waals surface area contributed by atoms with Gasteiger partial charge in [0.2, 0.25) is 0 Å². The molecule has 112 valence electrons. The molecule has 2 aromatic rings. The zero-order valence-corrected chi connectivity index (χ0v) is 13.1. The van der Waals surface area contributed by atoms with E-state index in [1.165, 1.54) is 6.07 Å². The molecule has 0 fully saturated rings. The number of halogens is 2. The predicted molar refractivity (Wildman–Crippen MR) is 84.4 cm³/mol. The molecule has 0 amide bonds. The first-order valence-electron chi connectivity index (χ1n) is 6.87. The Morgan fingerprint density at radius 2 is 1.81 bits per heavy atom. The zero-order valence-electron chi connectivity index (χ0n) is 12.4. The molecule has 2 nitrogen and oxygen atoms in total. The van der Waals surface area contributed by atoms with Gasteiger partial charge >= 0.3 is 0 Å². The van der Waals surface area contributed by atoms with Crippen molar-refractivity contribution in [3.8, 4) is 5.75 Å². The van der Waals surface area contributed by atoms with E-state index in [1.807, 2.05) is 37.3 Å². The Morgan fingerprint density at radius 1 is 1.10 bits per heavy atom. The maximum Gasteiger partial charge on any atom is 0.142 e. The Kier molecular flexibility index (Phi) is 5.21. The molecule has 2 aromatic carbocycles. The molecule has 0 spiro atoms. The Bertz CT molecular complexity index is 617. The molecular formula is C17H19ClFNO. The van der Waals surface area contributed by atoms with Gasteiger partial charge < -0.3 is 10.1 Å². The molecule has 4 heteroatoms. The van der Waals surface area contributed by atoms with Gasteiger partial charge in [-0.15, -0.1) is 0 Å². The van der Waals surface area contributed by atoms with Gasteiger partial charge in [-0.05, 0) is 37.6 Å². The summed E-state index contributed by atoms with van der Waals surface area (Å²) in [4.78, 5) is 0. The first kappa shape index (κ1) is 15.8. The van der Waals surface area contributed by atoms with E-state index in [9.17, 15) is 4.39 Å². The van der Waals surface area contributed by atoms with Crippen LogP contribution >= 0.6 is 11.6 Å². The van der Waals surface area contributed by atoms with Crippen LogP contribution in [0.2, 0.25) is 5.02 Å². The number of methoxy groups -OCH3 is 1. The van der Waals surface area contributed by atoms with Crippen molar-refractivity contribution in [2.75, 3.05) is 7.11 Å². The number of nitrogens with one attached hydrogen (secondary N) is 1. The highest BCUT2D eigenvalue weighted by molar-refractivity contribution is 6.30. The number of ether oxygens (including phenoxy) is 1. The normalized spacial score (nSPS) is 13.8. The van der Waals surface area contributed by atoms with Crippen molar-refractivity contribution < 1.29 is 9.13 Å². The summed E-state index contributed by atoms with van der Waals surface area (Å²) < 4.78 is 18.9. The zero-order chi connectivity index (χ0) is 15.4. The largest absolute Gasteiger partial charge is 0.496 e. The van der Waals surface area contributed by atoms with E-state index in [0.29, 0.717) is 0 Å². The van der Waals surface area contributed by atoms with Crippen LogP contribution in [0.3, 0.4) is 0 Å². The maximum atomic E-state index is 13.5. The molecule has 0 aromatic heterocycles. The van der Waals surface area contributed by atoms with Crippen LogP contribution in [0.1, 0.15) is 37.1 Å². The average molecular weight is 308 g/mol. The third-order valence-corrected chi connectivity index (χ3v) is 3.86. The van der Waals surface area contributed by atoms with Gasteiger partial charge in [0.1, 0.15) is 11.6 Å². The topological polar surface area (TPSA) is 21.3 Å². The van der Waals surface area contributed by atoms with Gasteiger partial charge in [-0.1, -0.05) is 35.9 Å². The summed E-state index contributed by atoms with van der Waals surface area (Å²) in [6, 6.07) is 12.8. The number of para-hydroxylation sites is 1. The number of hydrogen-bond donors (Lipinski definition) is 1. The molecule has 2 atom stereocenters. The summed E-state index contributed by atoms with van der Waals surface area (Å²) in [5.41, 5.74) is 1.93. The van der Waals surface area contributed by atoms with Crippen molar-refractivity contribution >= 4 is 11.6 Å². The van der Waals surface area contributed by atoms with Gasteiger partial charge in [0.25, 0.3) is 0 Å². The lowest BCUT2D eigenvalue weighted by Gasteiger charge is -2.22. The number of rotatable bonds is 5. The summed E-state index contributed by atoms with van der Waals surface area (Å²) in [6.07, 6.45) is 0. The van der Waals surface area contributed by atoms with Crippen LogP contribution < -0.4 is 10.1 Å². The lowest BCUT2D eigenvalue weighted by Crippen LogP contribution is -2.23. The van der Waals surface area contributed by atoms with Gasteiger partial charge in [0.05, 0.1) is 12.1 Å². The summed E-state index contributed by atoms with van der Waals surface area (Å²) in [7, 11) is 1.66. The molecule has 0 saturated carbocycles. The van der Waals surface area contributed by atoms with Gasteiger partial charge in [-0.3, -0.25) is 0 Å². The van der Waals surface area contributed by atoms with Gasteiger partial charge in [0.15, 0.2) is 0 Å². The van der Waals surface area contributed by atoms with Gasteiger partial charge in [-0.25, -0.2) is 4.39 Å². The third kappa shape index (κ3) is 3.74. The van der Waals surface area contributed by atoms with E-state index < -0.39 is 5.82 Å². The lowest BCUT2D eigenvalue weighted by molar-refractivity contribution is 0.396. The maximum absolute atomic E-state index is 13.5. The molecule has 21 heavy (non-hydrogen) atoms. The quantitative estimate of drug-likeness (QED) is 0.848. The molecule has 0 radical (unpaired) electrons. The molecule has 0 aliphatic carbocycles. The highest BCUT2D eigenvalue weighted by atomic mass is 35.5. The van der Waals surface area contributed by atoms with Crippen LogP contribution in [0, 0.1) is 5.82 Å². The minimum absolute atomic E-state index is 0.00308. The van der Waals surface area contributed by atoms with Crippen LogP contribution in [0.15, 0.2) is 42.5 Å². The van der Waals surface area contributed by atoms with Crippen molar-refractivity contribution in [1.82, 2.24) is 5.32 Å². The Labute approximate surface area is 129 Å². The highest BCUT2D eigenvalue weighted by Crippen LogP contribution is 2.27. The fourth-order valence-electron chi connectivity index (χ4n) is 2.37. The van der Waals surface area contributed by atoms with Crippen LogP contribution in [0.5, 0.6) is 5.75 Å². The van der Waals surface area contributed by atoms with E-state index in [2.05, 4.69) is 12.2 Å². The van der Waals surface area contributed by atoms with Crippen LogP contribution in [0.4, 0.5) is 4.39 Å². The first-order valence-corrected chi connectivity index (χ1v) is 7.24. The van der Waals surface area contributed by atoms with Crippen molar-refractivity contribution in [2.45, 2.75) is 25.9 Å². The Hall–Kier alpha value is -1.58. The third-order valence-electron chi connectivity index (χ3n) is 3.55. The van der Waals surface area contributed by atoms with Gasteiger partial charge in [0, 0.05) is 17.6 Å². The van der Waals surface area contributed by atoms with Crippen LogP contribution in [-0.2, 0) is 0 Å². The van der Waals surface area contributed by atoms with E-state index in [0.717, 1.165) is 16.9 Å². The number of hydrogen-bond acceptors (Lipinski definition) is 2. The Balaban J connectivity index is 2.14. The molecule has 1 N–H and O–H groups in total. The van der Waals surface area contributed by atoms with Crippen LogP contribution in [0.25, 0.3) is 0 Å². The van der Waals surface area contributed by atoms with Gasteiger partial charge in [-0.2, -0.15) is 0 Å². The molecule has 0 aliphatic rings. The molecular weight excluding hydrogens is 289 g/mol. The second kappa shape index (κ2) is 6.92. The smallest absolute Gasteiger partial charge is 0.142 e. The van der Waals surface area contributed by atoms with E-state index in [4.69, 9.17) is 16.3 Å². The van der Waals surface area contributed by atoms with Crippen molar-refractivity contribution in [2.24, 2.45) is 0 Å². The fraction of sp³-hybridized carbons (Fsp3) is 0.294. The minimum Gasteiger partial charge on any atom is -0.496 e. The predicted octanol–water partition coefficient (Wildman–Crippen LogP) is 4.90. The standard InChI is InChI=1S/C17H19ClFNO/c1-11(13-8-9-15(18)16(19)10-13)20-12(2)14-6-4-5-7-17(14)21-3/h4-12,20H,1-3H3. The summed E-state index contributed by atoms with van der Waals surface area (Å²) in [5.74, 6) is 0.444. The lowest BCUT2D eigenvalue weighted by atomic mass is 10.0. The van der Waals surface area contributed by atoms with E-state index >= 15 is 0 Å². The monoisotopic (exact) mass is 307 g/mol. The fourth-order valence-corrected chi connectivity index (χ4v) is 2.48. The summed E-state index contributed by atoms with van der Waals surface area (Å²) in [6.45, 7) is 4.05. The second-order valence-electron chi connectivity index (χ2n) is 5.03. The van der Waals surface area contributed by atoms with E-state index in [1.54, 1.807) is 13.2 Å². The number of benzene rings is 2. The molecule has 0 heterocycles. The molecule has 0 bridgehead atoms. The van der Waals surface area contributed by atoms with Crippen molar-refractivity contribution in [3.63, 3.8) is 0 Å². The molecule has 0 saturated heterocycles. The van der Waals surface area contributed by atoms with E-state index in [-0.39, 0.29) is 17.1 Å². The van der Waals surface area contributed by atoms with Crippen molar-refractivity contribution in [3.05, 3.63) is 64.4 Å². The first-order chi connectivity index (χ1) is 10.0. The summed E-state index contributed by atoms with van der Waals surface area (Å²) >= 11 is 5.71. The Morgan fingerprint density at radius 3 is 2.48 bits per heavy atom. The van der Waals surface area contributed by atoms with Crippen LogP contribution in [-0.4, -0.2) is 7.11 Å². The van der Waals surface area contributed by atoms with Crippen molar-refractivity contribution in [1.29, 1.82) is 0 Å².